The summed E-state index contributed by atoms with van der Waals surface area (Å²) in [6.45, 7) is 1.12. The van der Waals surface area contributed by atoms with E-state index in [9.17, 15) is 22.4 Å². The van der Waals surface area contributed by atoms with Gasteiger partial charge in [-0.1, -0.05) is 11.6 Å². The van der Waals surface area contributed by atoms with Crippen LogP contribution in [0, 0.1) is 5.82 Å². The second kappa shape index (κ2) is 7.84. The van der Waals surface area contributed by atoms with E-state index in [1.54, 1.807) is 17.2 Å². The number of carbonyl (C=O) groups excluding carboxylic acids is 2. The minimum absolute atomic E-state index is 0.108. The zero-order chi connectivity index (χ0) is 21.5. The van der Waals surface area contributed by atoms with Gasteiger partial charge in [0.25, 0.3) is 21.8 Å². The Balaban J connectivity index is 1.46. The molecule has 1 fully saturated rings. The second-order valence-corrected chi connectivity index (χ2v) is 9.22. The van der Waals surface area contributed by atoms with Crippen LogP contribution in [-0.4, -0.2) is 79.2 Å². The van der Waals surface area contributed by atoms with Crippen LogP contribution in [0.1, 0.15) is 10.4 Å². The van der Waals surface area contributed by atoms with E-state index in [-0.39, 0.29) is 66.4 Å². The van der Waals surface area contributed by atoms with E-state index in [0.717, 1.165) is 6.07 Å². The number of amidine groups is 1. The molecule has 3 aliphatic rings. The molecule has 30 heavy (non-hydrogen) atoms. The Morgan fingerprint density at radius 2 is 1.70 bits per heavy atom. The van der Waals surface area contributed by atoms with Gasteiger partial charge < -0.3 is 14.7 Å². The van der Waals surface area contributed by atoms with Crippen molar-refractivity contribution in [3.05, 3.63) is 58.5 Å². The van der Waals surface area contributed by atoms with Gasteiger partial charge in [0, 0.05) is 43.9 Å². The third kappa shape index (κ3) is 3.97. The van der Waals surface area contributed by atoms with Gasteiger partial charge in [-0.3, -0.25) is 9.59 Å². The van der Waals surface area contributed by atoms with Gasteiger partial charge in [0.2, 0.25) is 0 Å². The number of nitrogens with zero attached hydrogens (tertiary/aromatic N) is 4. The first kappa shape index (κ1) is 20.5. The maximum absolute atomic E-state index is 14.0. The van der Waals surface area contributed by atoms with Crippen molar-refractivity contribution in [2.45, 2.75) is 0 Å². The molecule has 1 aromatic carbocycles. The molecular formula is C19H18ClFN4O4S. The zero-order valence-electron chi connectivity index (χ0n) is 15.8. The number of benzene rings is 1. The fraction of sp³-hybridized carbons (Fsp3) is 0.316. The number of piperazine rings is 1. The smallest absolute Gasteiger partial charge is 0.257 e. The van der Waals surface area contributed by atoms with Crippen LogP contribution in [0.5, 0.6) is 0 Å². The lowest BCUT2D eigenvalue weighted by atomic mass is 10.1. The molecule has 0 saturated carbocycles. The molecular weight excluding hydrogens is 435 g/mol. The summed E-state index contributed by atoms with van der Waals surface area (Å²) in [4.78, 5) is 30.3. The highest BCUT2D eigenvalue weighted by Gasteiger charge is 2.34. The maximum Gasteiger partial charge on any atom is 0.257 e. The summed E-state index contributed by atoms with van der Waals surface area (Å²) in [5.74, 6) is -1.49. The van der Waals surface area contributed by atoms with Gasteiger partial charge >= 0.3 is 0 Å². The van der Waals surface area contributed by atoms with E-state index in [2.05, 4.69) is 4.40 Å². The molecule has 3 heterocycles. The average Bonchev–Trinajstić information content (AvgIpc) is 2.73. The highest BCUT2D eigenvalue weighted by Crippen LogP contribution is 2.21. The molecule has 4 rings (SSSR count). The van der Waals surface area contributed by atoms with Gasteiger partial charge in [0.15, 0.2) is 5.84 Å². The molecule has 2 amide bonds. The molecule has 11 heteroatoms. The van der Waals surface area contributed by atoms with Crippen molar-refractivity contribution in [3.8, 4) is 0 Å². The summed E-state index contributed by atoms with van der Waals surface area (Å²) in [5.41, 5.74) is 0.0845. The molecule has 0 bridgehead atoms. The van der Waals surface area contributed by atoms with Crippen molar-refractivity contribution in [2.24, 2.45) is 4.40 Å². The van der Waals surface area contributed by atoms with Gasteiger partial charge in [-0.25, -0.2) is 12.8 Å². The van der Waals surface area contributed by atoms with Crippen LogP contribution in [0.3, 0.4) is 0 Å². The van der Waals surface area contributed by atoms with E-state index in [1.807, 2.05) is 0 Å². The number of hydrogen-bond donors (Lipinski definition) is 0. The quantitative estimate of drug-likeness (QED) is 0.674. The Hall–Kier alpha value is -2.72. The number of amides is 2. The summed E-state index contributed by atoms with van der Waals surface area (Å²) in [6.07, 6.45) is 4.89. The normalized spacial score (nSPS) is 20.4. The maximum atomic E-state index is 14.0. The molecule has 0 spiro atoms. The summed E-state index contributed by atoms with van der Waals surface area (Å²) in [5, 5.41) is 0.263. The topological polar surface area (TPSA) is 90.4 Å². The fourth-order valence-electron chi connectivity index (χ4n) is 3.50. The molecule has 0 aliphatic carbocycles. The van der Waals surface area contributed by atoms with Gasteiger partial charge in [0.05, 0.1) is 16.9 Å². The second-order valence-electron chi connectivity index (χ2n) is 7.02. The SMILES string of the molecule is O=C(C1=CC=CN2CCS(=O)(=O)N=C12)N1CCN(C(=O)c2cc(Cl)ccc2F)CC1. The third-order valence-electron chi connectivity index (χ3n) is 5.10. The first-order valence-electron chi connectivity index (χ1n) is 9.27. The van der Waals surface area contributed by atoms with E-state index in [1.165, 1.54) is 28.0 Å². The van der Waals surface area contributed by atoms with Crippen LogP contribution in [0.15, 0.2) is 46.5 Å². The average molecular weight is 453 g/mol. The number of allylic oxidation sites excluding steroid dienone is 2. The highest BCUT2D eigenvalue weighted by atomic mass is 35.5. The van der Waals surface area contributed by atoms with E-state index in [4.69, 9.17) is 11.6 Å². The van der Waals surface area contributed by atoms with Gasteiger partial charge in [-0.05, 0) is 30.4 Å². The minimum atomic E-state index is -3.61. The molecule has 0 unspecified atom stereocenters. The zero-order valence-corrected chi connectivity index (χ0v) is 17.4. The van der Waals surface area contributed by atoms with Crippen molar-refractivity contribution in [1.82, 2.24) is 14.7 Å². The van der Waals surface area contributed by atoms with Crippen LogP contribution in [0.4, 0.5) is 4.39 Å². The molecule has 0 radical (unpaired) electrons. The Kier molecular flexibility index (Phi) is 5.37. The van der Waals surface area contributed by atoms with Crippen LogP contribution >= 0.6 is 11.6 Å². The number of rotatable bonds is 2. The number of carbonyl (C=O) groups is 2. The lowest BCUT2D eigenvalue weighted by Gasteiger charge is -2.36. The Morgan fingerprint density at radius 3 is 2.40 bits per heavy atom. The largest absolute Gasteiger partial charge is 0.335 e. The number of fused-ring (bicyclic) bond motifs is 1. The van der Waals surface area contributed by atoms with Crippen LogP contribution in [-0.2, 0) is 14.8 Å². The Morgan fingerprint density at radius 1 is 1.03 bits per heavy atom. The lowest BCUT2D eigenvalue weighted by Crippen LogP contribution is -2.52. The van der Waals surface area contributed by atoms with Crippen molar-refractivity contribution in [3.63, 3.8) is 0 Å². The van der Waals surface area contributed by atoms with Gasteiger partial charge in [-0.2, -0.15) is 0 Å². The summed E-state index contributed by atoms with van der Waals surface area (Å²) in [7, 11) is -3.61. The monoisotopic (exact) mass is 452 g/mol. The van der Waals surface area contributed by atoms with Gasteiger partial charge in [-0.15, -0.1) is 4.40 Å². The van der Waals surface area contributed by atoms with Crippen LogP contribution in [0.25, 0.3) is 0 Å². The van der Waals surface area contributed by atoms with Crippen LogP contribution < -0.4 is 0 Å². The molecule has 0 aromatic heterocycles. The van der Waals surface area contributed by atoms with E-state index in [0.29, 0.717) is 0 Å². The summed E-state index contributed by atoms with van der Waals surface area (Å²) in [6, 6.07) is 3.80. The molecule has 3 aliphatic heterocycles. The highest BCUT2D eigenvalue weighted by molar-refractivity contribution is 7.90. The van der Waals surface area contributed by atoms with Gasteiger partial charge in [0.1, 0.15) is 5.82 Å². The van der Waals surface area contributed by atoms with Crippen molar-refractivity contribution in [1.29, 1.82) is 0 Å². The molecule has 8 nitrogen and oxygen atoms in total. The van der Waals surface area contributed by atoms with Crippen molar-refractivity contribution >= 4 is 39.3 Å². The molecule has 1 aromatic rings. The first-order valence-corrected chi connectivity index (χ1v) is 11.3. The Labute approximate surface area is 178 Å². The molecule has 0 atom stereocenters. The fourth-order valence-corrected chi connectivity index (χ4v) is 4.66. The molecule has 158 valence electrons. The molecule has 0 N–H and O–H groups in total. The van der Waals surface area contributed by atoms with Crippen molar-refractivity contribution < 1.29 is 22.4 Å². The number of sulfonamides is 1. The lowest BCUT2D eigenvalue weighted by molar-refractivity contribution is -0.128. The van der Waals surface area contributed by atoms with Crippen LogP contribution in [0.2, 0.25) is 5.02 Å². The first-order chi connectivity index (χ1) is 14.2. The summed E-state index contributed by atoms with van der Waals surface area (Å²) >= 11 is 5.87. The van der Waals surface area contributed by atoms with E-state index >= 15 is 0 Å². The molecule has 1 saturated heterocycles. The summed E-state index contributed by atoms with van der Waals surface area (Å²) < 4.78 is 41.5. The van der Waals surface area contributed by atoms with E-state index < -0.39 is 21.7 Å². The predicted molar refractivity (Wildman–Crippen MR) is 109 cm³/mol. The predicted octanol–water partition coefficient (Wildman–Crippen LogP) is 1.26. The number of halogens is 2. The minimum Gasteiger partial charge on any atom is -0.335 e. The number of hydrogen-bond acceptors (Lipinski definition) is 5. The third-order valence-corrected chi connectivity index (χ3v) is 6.49. The Bertz CT molecular complexity index is 1110. The van der Waals surface area contributed by atoms with Crippen molar-refractivity contribution in [2.75, 3.05) is 38.5 Å². The standard InChI is InChI=1S/C19H18ClFN4O4S/c20-13-3-4-16(21)15(12-13)19(27)25-8-6-24(7-9-25)18(26)14-2-1-5-23-10-11-30(28,29)22-17(14)23/h1-5,12H,6-11H2.